The van der Waals surface area contributed by atoms with Crippen LogP contribution in [0.25, 0.3) is 0 Å². The number of carbonyl (C=O) groups is 1. The molecule has 1 amide bonds. The predicted molar refractivity (Wildman–Crippen MR) is 39.5 cm³/mol. The summed E-state index contributed by atoms with van der Waals surface area (Å²) in [6.45, 7) is 0. The van der Waals surface area contributed by atoms with Gasteiger partial charge in [-0.25, -0.2) is 0 Å². The zero-order chi connectivity index (χ0) is 6.85. The molecule has 48 valence electrons. The van der Waals surface area contributed by atoms with Gasteiger partial charge in [-0.3, -0.25) is 4.79 Å². The van der Waals surface area contributed by atoms with E-state index in [0.717, 1.165) is 0 Å². The topological polar surface area (TPSA) is 43.1 Å². The van der Waals surface area contributed by atoms with Crippen LogP contribution in [0.5, 0.6) is 0 Å². The summed E-state index contributed by atoms with van der Waals surface area (Å²) < 4.78 is 0. The molecule has 9 heavy (non-hydrogen) atoms. The summed E-state index contributed by atoms with van der Waals surface area (Å²) in [7, 11) is 0.353. The van der Waals surface area contributed by atoms with Crippen LogP contribution < -0.4 is 5.73 Å². The van der Waals surface area contributed by atoms with E-state index in [2.05, 4.69) is 0 Å². The van der Waals surface area contributed by atoms with Crippen molar-refractivity contribution >= 4 is 25.7 Å². The Kier molecular flexibility index (Phi) is 1.79. The summed E-state index contributed by atoms with van der Waals surface area (Å²) in [4.78, 5) is 10.5. The Hall–Kier alpha value is -0.460. The van der Waals surface area contributed by atoms with Crippen molar-refractivity contribution in [3.05, 3.63) is 22.2 Å². The van der Waals surface area contributed by atoms with Crippen molar-refractivity contribution in [1.82, 2.24) is 0 Å². The molecule has 0 aliphatic rings. The highest BCUT2D eigenvalue weighted by Gasteiger charge is 2.04. The monoisotopic (exact) mass is 161 g/mol. The van der Waals surface area contributed by atoms with Gasteiger partial charge in [0.15, 0.2) is 0 Å². The van der Waals surface area contributed by atoms with Gasteiger partial charge in [-0.05, 0) is 11.9 Å². The normalized spacial score (nSPS) is 10.3. The molecule has 2 nitrogen and oxygen atoms in total. The number of halogens is 1. The van der Waals surface area contributed by atoms with Crippen LogP contribution in [0.3, 0.4) is 0 Å². The molecule has 0 fully saturated rings. The average molecular weight is 162 g/mol. The zero-order valence-corrected chi connectivity index (χ0v) is 6.27. The van der Waals surface area contributed by atoms with Crippen LogP contribution in [0.4, 0.5) is 0 Å². The second kappa shape index (κ2) is 2.42. The largest absolute Gasteiger partial charge is 0.365 e. The van der Waals surface area contributed by atoms with Gasteiger partial charge in [-0.2, -0.15) is 0 Å². The number of rotatable bonds is 1. The van der Waals surface area contributed by atoms with Crippen LogP contribution in [0, 0.1) is 0 Å². The van der Waals surface area contributed by atoms with Crippen LogP contribution in [-0.2, 0) is 0 Å². The Balaban J connectivity index is 3.08. The molecule has 1 aromatic heterocycles. The highest BCUT2D eigenvalue weighted by Crippen LogP contribution is 2.24. The minimum Gasteiger partial charge on any atom is -0.365 e. The Morgan fingerprint density at radius 1 is 1.78 bits per heavy atom. The number of primary amides is 1. The zero-order valence-electron chi connectivity index (χ0n) is 4.52. The maximum atomic E-state index is 10.5. The van der Waals surface area contributed by atoms with E-state index in [9.17, 15) is 4.79 Å². The first-order valence-electron chi connectivity index (χ1n) is 2.34. The van der Waals surface area contributed by atoms with Gasteiger partial charge in [0.2, 0.25) is 0 Å². The minimum absolute atomic E-state index is 0.353. The molecule has 0 spiro atoms. The van der Waals surface area contributed by atoms with Crippen LogP contribution in [0.2, 0.25) is 5.02 Å². The van der Waals surface area contributed by atoms with E-state index in [1.54, 1.807) is 6.07 Å². The molecule has 2 N–H and O–H groups in total. The van der Waals surface area contributed by atoms with Crippen molar-refractivity contribution in [3.63, 3.8) is 0 Å². The van der Waals surface area contributed by atoms with Gasteiger partial charge >= 0.3 is 0 Å². The second-order valence-corrected chi connectivity index (χ2v) is 3.09. The first-order chi connectivity index (χ1) is 4.22. The third-order valence-electron chi connectivity index (χ3n) is 0.943. The molecule has 0 radical (unpaired) electrons. The van der Waals surface area contributed by atoms with E-state index in [1.807, 2.05) is 5.80 Å². The molecule has 4 heteroatoms. The Bertz CT molecular complexity index is 233. The summed E-state index contributed by atoms with van der Waals surface area (Å²) in [5.74, 6) is 1.42. The molecule has 0 aliphatic carbocycles. The molecule has 1 aromatic rings. The van der Waals surface area contributed by atoms with Crippen molar-refractivity contribution in [2.45, 2.75) is 0 Å². The quantitative estimate of drug-likeness (QED) is 0.666. The maximum absolute atomic E-state index is 10.5. The number of carbonyl (C=O) groups excluding carboxylic acids is 1. The summed E-state index contributed by atoms with van der Waals surface area (Å²) in [6, 6.07) is 1.69. The lowest BCUT2D eigenvalue weighted by molar-refractivity contribution is 0.100. The van der Waals surface area contributed by atoms with Crippen molar-refractivity contribution in [2.24, 2.45) is 5.73 Å². The summed E-state index contributed by atoms with van der Waals surface area (Å²) in [5, 5.41) is 1.03. The van der Waals surface area contributed by atoms with E-state index < -0.39 is 5.91 Å². The van der Waals surface area contributed by atoms with Crippen molar-refractivity contribution in [3.8, 4) is 0 Å². The van der Waals surface area contributed by atoms with E-state index in [-0.39, 0.29) is 0 Å². The van der Waals surface area contributed by atoms with E-state index in [4.69, 9.17) is 17.3 Å². The van der Waals surface area contributed by atoms with E-state index in [1.165, 1.54) is 0 Å². The number of hydrogen-bond donors (Lipinski definition) is 1. The standard InChI is InChI=1S/C5H5ClNOP/c6-3-1-2-9-4(3)5(7)8/h1-2,9H,(H2,7,8). The van der Waals surface area contributed by atoms with E-state index in [0.29, 0.717) is 18.5 Å². The molecule has 0 saturated heterocycles. The maximum Gasteiger partial charge on any atom is 0.253 e. The SMILES string of the molecule is NC(=O)c1[pH]ccc1Cl. The lowest BCUT2D eigenvalue weighted by Crippen LogP contribution is -2.08. The Morgan fingerprint density at radius 2 is 2.44 bits per heavy atom. The summed E-state index contributed by atoms with van der Waals surface area (Å²) in [6.07, 6.45) is 0. The first-order valence-corrected chi connectivity index (χ1v) is 3.80. The molecule has 0 aromatic carbocycles. The Labute approximate surface area is 59.1 Å². The van der Waals surface area contributed by atoms with Crippen LogP contribution in [0.15, 0.2) is 11.9 Å². The summed E-state index contributed by atoms with van der Waals surface area (Å²) >= 11 is 5.57. The van der Waals surface area contributed by atoms with Gasteiger partial charge in [-0.1, -0.05) is 11.6 Å². The number of amides is 1. The van der Waals surface area contributed by atoms with Gasteiger partial charge in [0.05, 0.1) is 10.3 Å². The molecule has 1 heterocycles. The number of nitrogens with two attached hydrogens (primary N) is 1. The second-order valence-electron chi connectivity index (χ2n) is 1.56. The van der Waals surface area contributed by atoms with Crippen molar-refractivity contribution in [2.75, 3.05) is 0 Å². The third-order valence-corrected chi connectivity index (χ3v) is 2.55. The first kappa shape index (κ1) is 6.66. The number of hydrogen-bond acceptors (Lipinski definition) is 1. The molecule has 0 saturated carbocycles. The molecule has 0 bridgehead atoms. The van der Waals surface area contributed by atoms with Crippen LogP contribution in [-0.4, -0.2) is 5.91 Å². The molecule has 1 unspecified atom stereocenters. The van der Waals surface area contributed by atoms with Gasteiger partial charge in [-0.15, -0.1) is 8.19 Å². The van der Waals surface area contributed by atoms with E-state index >= 15 is 0 Å². The third kappa shape index (κ3) is 1.26. The van der Waals surface area contributed by atoms with Crippen LogP contribution in [0.1, 0.15) is 10.1 Å². The average Bonchev–Trinajstić information content (AvgIpc) is 2.13. The highest BCUT2D eigenvalue weighted by atomic mass is 35.5. The molecule has 1 rings (SSSR count). The van der Waals surface area contributed by atoms with Gasteiger partial charge in [0.25, 0.3) is 5.91 Å². The van der Waals surface area contributed by atoms with Crippen molar-refractivity contribution < 1.29 is 4.79 Å². The fourth-order valence-electron chi connectivity index (χ4n) is 0.539. The van der Waals surface area contributed by atoms with Crippen LogP contribution >= 0.6 is 19.8 Å². The fraction of sp³-hybridized carbons (Fsp3) is 0. The lowest BCUT2D eigenvalue weighted by Gasteiger charge is -1.86. The van der Waals surface area contributed by atoms with Gasteiger partial charge in [0.1, 0.15) is 0 Å². The Morgan fingerprint density at radius 3 is 2.67 bits per heavy atom. The smallest absolute Gasteiger partial charge is 0.253 e. The van der Waals surface area contributed by atoms with Crippen molar-refractivity contribution in [1.29, 1.82) is 0 Å². The molecular formula is C5H5ClNOP. The summed E-state index contributed by atoms with van der Waals surface area (Å²) in [5.41, 5.74) is 4.97. The lowest BCUT2D eigenvalue weighted by atomic mass is 10.4. The molecular weight excluding hydrogens is 156 g/mol. The highest BCUT2D eigenvalue weighted by molar-refractivity contribution is 7.32. The van der Waals surface area contributed by atoms with Gasteiger partial charge < -0.3 is 5.73 Å². The molecule has 1 atom stereocenters. The molecule has 0 aliphatic heterocycles. The minimum atomic E-state index is -0.414. The fourth-order valence-corrected chi connectivity index (χ4v) is 1.74. The van der Waals surface area contributed by atoms with Gasteiger partial charge in [0, 0.05) is 0 Å². The predicted octanol–water partition coefficient (Wildman–Crippen LogP) is 1.47.